The number of nitrogens with one attached hydrogen (secondary N) is 1. The molecule has 1 aliphatic rings. The molecule has 2 aromatic rings. The molecule has 132 valence electrons. The van der Waals surface area contributed by atoms with Gasteiger partial charge in [0.05, 0.1) is 0 Å². The van der Waals surface area contributed by atoms with Gasteiger partial charge in [-0.05, 0) is 25.0 Å². The number of oxazole rings is 1. The predicted molar refractivity (Wildman–Crippen MR) is 92.5 cm³/mol. The summed E-state index contributed by atoms with van der Waals surface area (Å²) in [5, 5.41) is 2.67. The SMILES string of the molecule is CN(C)C(=O)c1ccnc(NC(=O)c2coc(C3CCCCC3)n2)c1. The molecule has 0 radical (unpaired) electrons. The topological polar surface area (TPSA) is 88.3 Å². The second-order valence-electron chi connectivity index (χ2n) is 6.49. The fourth-order valence-electron chi connectivity index (χ4n) is 3.00. The number of aromatic nitrogens is 2. The van der Waals surface area contributed by atoms with Gasteiger partial charge in [0, 0.05) is 31.8 Å². The number of pyridine rings is 1. The van der Waals surface area contributed by atoms with Crippen molar-refractivity contribution < 1.29 is 14.0 Å². The Morgan fingerprint density at radius 3 is 2.72 bits per heavy atom. The third kappa shape index (κ3) is 4.04. The molecular formula is C18H22N4O3. The van der Waals surface area contributed by atoms with Crippen molar-refractivity contribution in [1.29, 1.82) is 0 Å². The molecule has 2 amide bonds. The summed E-state index contributed by atoms with van der Waals surface area (Å²) >= 11 is 0. The summed E-state index contributed by atoms with van der Waals surface area (Å²) in [5.74, 6) is 0.690. The van der Waals surface area contributed by atoms with Gasteiger partial charge in [-0.2, -0.15) is 0 Å². The Kier molecular flexibility index (Phi) is 5.11. The van der Waals surface area contributed by atoms with Gasteiger partial charge in [-0.1, -0.05) is 19.3 Å². The largest absolute Gasteiger partial charge is 0.448 e. The van der Waals surface area contributed by atoms with E-state index in [4.69, 9.17) is 4.42 Å². The molecule has 2 heterocycles. The number of amides is 2. The van der Waals surface area contributed by atoms with Gasteiger partial charge in [-0.3, -0.25) is 9.59 Å². The van der Waals surface area contributed by atoms with Gasteiger partial charge in [0.15, 0.2) is 11.6 Å². The van der Waals surface area contributed by atoms with Crippen molar-refractivity contribution in [3.8, 4) is 0 Å². The molecule has 0 aliphatic heterocycles. The lowest BCUT2D eigenvalue weighted by atomic mass is 9.89. The van der Waals surface area contributed by atoms with Crippen molar-refractivity contribution in [2.75, 3.05) is 19.4 Å². The van der Waals surface area contributed by atoms with Crippen LogP contribution in [0, 0.1) is 0 Å². The molecule has 1 saturated carbocycles. The standard InChI is InChI=1S/C18H22N4O3/c1-22(2)18(24)13-8-9-19-15(10-13)21-16(23)14-11-25-17(20-14)12-6-4-3-5-7-12/h8-12H,3-7H2,1-2H3,(H,19,21,23). The van der Waals surface area contributed by atoms with Crippen molar-refractivity contribution in [3.63, 3.8) is 0 Å². The van der Waals surface area contributed by atoms with E-state index in [1.165, 1.54) is 36.6 Å². The Morgan fingerprint density at radius 2 is 2.00 bits per heavy atom. The number of carbonyl (C=O) groups excluding carboxylic acids is 2. The number of hydrogen-bond acceptors (Lipinski definition) is 5. The van der Waals surface area contributed by atoms with Crippen LogP contribution in [-0.4, -0.2) is 40.8 Å². The molecule has 25 heavy (non-hydrogen) atoms. The Balaban J connectivity index is 1.69. The van der Waals surface area contributed by atoms with E-state index in [-0.39, 0.29) is 11.6 Å². The number of anilines is 1. The molecule has 3 rings (SSSR count). The van der Waals surface area contributed by atoms with Crippen molar-refractivity contribution in [2.24, 2.45) is 0 Å². The first-order valence-corrected chi connectivity index (χ1v) is 8.49. The van der Waals surface area contributed by atoms with Gasteiger partial charge in [-0.25, -0.2) is 9.97 Å². The number of carbonyl (C=O) groups is 2. The smallest absolute Gasteiger partial charge is 0.278 e. The van der Waals surface area contributed by atoms with Gasteiger partial charge < -0.3 is 14.6 Å². The maximum atomic E-state index is 12.4. The van der Waals surface area contributed by atoms with Crippen molar-refractivity contribution >= 4 is 17.6 Å². The van der Waals surface area contributed by atoms with Crippen LogP contribution < -0.4 is 5.32 Å². The Hall–Kier alpha value is -2.70. The summed E-state index contributed by atoms with van der Waals surface area (Å²) in [7, 11) is 3.34. The summed E-state index contributed by atoms with van der Waals surface area (Å²) in [6, 6.07) is 3.15. The lowest BCUT2D eigenvalue weighted by Crippen LogP contribution is -2.22. The normalized spacial score (nSPS) is 15.0. The first kappa shape index (κ1) is 17.1. The summed E-state index contributed by atoms with van der Waals surface area (Å²) in [4.78, 5) is 34.2. The van der Waals surface area contributed by atoms with Crippen LogP contribution in [0.5, 0.6) is 0 Å². The zero-order valence-corrected chi connectivity index (χ0v) is 14.5. The average Bonchev–Trinajstić information content (AvgIpc) is 3.12. The number of nitrogens with zero attached hydrogens (tertiary/aromatic N) is 3. The minimum Gasteiger partial charge on any atom is -0.448 e. The number of hydrogen-bond donors (Lipinski definition) is 1. The molecule has 0 bridgehead atoms. The second kappa shape index (κ2) is 7.46. The molecule has 0 atom stereocenters. The first-order valence-electron chi connectivity index (χ1n) is 8.49. The molecule has 0 saturated heterocycles. The van der Waals surface area contributed by atoms with E-state index in [0.29, 0.717) is 23.2 Å². The Morgan fingerprint density at radius 1 is 1.24 bits per heavy atom. The second-order valence-corrected chi connectivity index (χ2v) is 6.49. The molecule has 2 aromatic heterocycles. The summed E-state index contributed by atoms with van der Waals surface area (Å²) < 4.78 is 5.50. The maximum Gasteiger partial charge on any atom is 0.278 e. The van der Waals surface area contributed by atoms with E-state index in [0.717, 1.165) is 12.8 Å². The van der Waals surface area contributed by atoms with Crippen molar-refractivity contribution in [1.82, 2.24) is 14.9 Å². The van der Waals surface area contributed by atoms with Crippen LogP contribution >= 0.6 is 0 Å². The predicted octanol–water partition coefficient (Wildman–Crippen LogP) is 3.07. The summed E-state index contributed by atoms with van der Waals surface area (Å²) in [5.41, 5.74) is 0.685. The quantitative estimate of drug-likeness (QED) is 0.922. The van der Waals surface area contributed by atoms with E-state index < -0.39 is 5.91 Å². The van der Waals surface area contributed by atoms with E-state index in [1.807, 2.05) is 0 Å². The summed E-state index contributed by atoms with van der Waals surface area (Å²) in [6.45, 7) is 0. The highest BCUT2D eigenvalue weighted by molar-refractivity contribution is 6.03. The van der Waals surface area contributed by atoms with Gasteiger partial charge >= 0.3 is 0 Å². The first-order chi connectivity index (χ1) is 12.0. The maximum absolute atomic E-state index is 12.4. The highest BCUT2D eigenvalue weighted by atomic mass is 16.3. The minimum absolute atomic E-state index is 0.154. The highest BCUT2D eigenvalue weighted by Gasteiger charge is 2.22. The van der Waals surface area contributed by atoms with E-state index in [2.05, 4.69) is 15.3 Å². The van der Waals surface area contributed by atoms with Crippen LogP contribution in [0.3, 0.4) is 0 Å². The molecule has 0 spiro atoms. The fraction of sp³-hybridized carbons (Fsp3) is 0.444. The summed E-state index contributed by atoms with van der Waals surface area (Å²) in [6.07, 6.45) is 8.57. The zero-order chi connectivity index (χ0) is 17.8. The van der Waals surface area contributed by atoms with Gasteiger partial charge in [0.25, 0.3) is 11.8 Å². The zero-order valence-electron chi connectivity index (χ0n) is 14.5. The fourth-order valence-corrected chi connectivity index (χ4v) is 3.00. The molecule has 0 aromatic carbocycles. The van der Waals surface area contributed by atoms with Crippen molar-refractivity contribution in [2.45, 2.75) is 38.0 Å². The lowest BCUT2D eigenvalue weighted by Gasteiger charge is -2.17. The van der Waals surface area contributed by atoms with Crippen LogP contribution in [0.1, 0.15) is 64.8 Å². The third-order valence-electron chi connectivity index (χ3n) is 4.36. The molecule has 1 N–H and O–H groups in total. The molecule has 1 aliphatic carbocycles. The van der Waals surface area contributed by atoms with Gasteiger partial charge in [0.1, 0.15) is 12.1 Å². The monoisotopic (exact) mass is 342 g/mol. The van der Waals surface area contributed by atoms with Crippen LogP contribution in [-0.2, 0) is 0 Å². The lowest BCUT2D eigenvalue weighted by molar-refractivity contribution is 0.0827. The van der Waals surface area contributed by atoms with Crippen LogP contribution in [0.15, 0.2) is 29.0 Å². The van der Waals surface area contributed by atoms with Crippen LogP contribution in [0.2, 0.25) is 0 Å². The molecule has 1 fully saturated rings. The van der Waals surface area contributed by atoms with E-state index >= 15 is 0 Å². The van der Waals surface area contributed by atoms with E-state index in [9.17, 15) is 9.59 Å². The van der Waals surface area contributed by atoms with E-state index in [1.54, 1.807) is 26.2 Å². The third-order valence-corrected chi connectivity index (χ3v) is 4.36. The minimum atomic E-state index is -0.396. The Labute approximate surface area is 146 Å². The Bertz CT molecular complexity index is 763. The number of rotatable bonds is 4. The van der Waals surface area contributed by atoms with Gasteiger partial charge in [0.2, 0.25) is 0 Å². The average molecular weight is 342 g/mol. The molecule has 7 nitrogen and oxygen atoms in total. The van der Waals surface area contributed by atoms with Crippen LogP contribution in [0.4, 0.5) is 5.82 Å². The van der Waals surface area contributed by atoms with Gasteiger partial charge in [-0.15, -0.1) is 0 Å². The van der Waals surface area contributed by atoms with Crippen LogP contribution in [0.25, 0.3) is 0 Å². The van der Waals surface area contributed by atoms with Crippen molar-refractivity contribution in [3.05, 3.63) is 41.7 Å². The highest BCUT2D eigenvalue weighted by Crippen LogP contribution is 2.32. The molecular weight excluding hydrogens is 320 g/mol. The molecule has 7 heteroatoms. The molecule has 0 unspecified atom stereocenters.